The summed E-state index contributed by atoms with van der Waals surface area (Å²) in [6.07, 6.45) is 6.19. The third-order valence-electron chi connectivity index (χ3n) is 7.75. The Hall–Kier alpha value is -3.96. The monoisotopic (exact) mass is 772 g/mol. The lowest BCUT2D eigenvalue weighted by molar-refractivity contribution is -0.153. The minimum absolute atomic E-state index is 0.0101. The fourth-order valence-corrected chi connectivity index (χ4v) is 9.14. The number of nitrogens with one attached hydrogen (secondary N) is 2. The van der Waals surface area contributed by atoms with E-state index >= 15 is 0 Å². The molecule has 1 aromatic carbocycles. The predicted octanol–water partition coefficient (Wildman–Crippen LogP) is 4.32. The number of thiazole rings is 1. The summed E-state index contributed by atoms with van der Waals surface area (Å²) < 4.78 is 15.9. The number of β-lactam (4-membered cyclic amide) rings is 1. The number of thioether (sulfide) groups is 2. The summed E-state index contributed by atoms with van der Waals surface area (Å²) in [6.45, 7) is 4.03. The molecule has 0 aliphatic carbocycles. The fraction of sp³-hybridized carbons (Fsp3) is 0.323. The van der Waals surface area contributed by atoms with Crippen LogP contribution in [-0.4, -0.2) is 91.6 Å². The lowest BCUT2D eigenvalue weighted by atomic mass is 10.0. The van der Waals surface area contributed by atoms with Gasteiger partial charge in [-0.1, -0.05) is 35.1 Å². The molecule has 2 amide bonds. The van der Waals surface area contributed by atoms with E-state index in [1.165, 1.54) is 39.8 Å². The van der Waals surface area contributed by atoms with Gasteiger partial charge in [-0.25, -0.2) is 9.78 Å². The highest BCUT2D eigenvalue weighted by molar-refractivity contribution is 8.07. The molecule has 6 rings (SSSR count). The maximum absolute atomic E-state index is 13.8. The molecule has 262 valence electrons. The molecule has 2 unspecified atom stereocenters. The van der Waals surface area contributed by atoms with Gasteiger partial charge in [-0.2, -0.15) is 9.36 Å². The Morgan fingerprint density at radius 1 is 1.22 bits per heavy atom. The van der Waals surface area contributed by atoms with Crippen LogP contribution in [-0.2, 0) is 30.6 Å². The van der Waals surface area contributed by atoms with Crippen LogP contribution in [0.25, 0.3) is 5.57 Å². The molecule has 0 radical (unpaired) electrons. The van der Waals surface area contributed by atoms with Crippen molar-refractivity contribution < 1.29 is 28.7 Å². The normalized spacial score (nSPS) is 20.2. The lowest BCUT2D eigenvalue weighted by Gasteiger charge is -2.49. The number of amides is 2. The summed E-state index contributed by atoms with van der Waals surface area (Å²) in [7, 11) is 5.90. The topological polar surface area (TPSA) is 160 Å². The van der Waals surface area contributed by atoms with Crippen LogP contribution in [0, 0.1) is 0 Å². The first-order valence-electron chi connectivity index (χ1n) is 15.3. The quantitative estimate of drug-likeness (QED) is 0.0832. The number of likely N-dealkylation sites (N-methyl/N-ethyl adjacent to an activating group) is 1. The molecule has 14 nitrogen and oxygen atoms in total. The zero-order chi connectivity index (χ0) is 35.4. The summed E-state index contributed by atoms with van der Waals surface area (Å²) in [6, 6.07) is 6.45. The average Bonchev–Trinajstić information content (AvgIpc) is 3.81. The van der Waals surface area contributed by atoms with Crippen molar-refractivity contribution in [1.29, 1.82) is 0 Å². The van der Waals surface area contributed by atoms with Crippen LogP contribution in [0.1, 0.15) is 30.9 Å². The number of rotatable bonds is 13. The van der Waals surface area contributed by atoms with Gasteiger partial charge in [0.05, 0.1) is 12.8 Å². The lowest BCUT2D eigenvalue weighted by Crippen LogP contribution is -2.71. The van der Waals surface area contributed by atoms with Gasteiger partial charge in [-0.15, -0.1) is 23.1 Å². The van der Waals surface area contributed by atoms with Gasteiger partial charge in [-0.3, -0.25) is 14.5 Å². The maximum atomic E-state index is 13.8. The number of allylic oxidation sites excluding steroid dienone is 2. The van der Waals surface area contributed by atoms with Crippen LogP contribution in [0.5, 0.6) is 5.75 Å². The van der Waals surface area contributed by atoms with E-state index in [4.69, 9.17) is 19.3 Å². The minimum atomic E-state index is -0.940. The molecule has 0 spiro atoms. The number of esters is 1. The molecule has 0 bridgehead atoms. The van der Waals surface area contributed by atoms with Crippen molar-refractivity contribution in [3.8, 4) is 5.75 Å². The number of methoxy groups -OCH3 is 1. The van der Waals surface area contributed by atoms with Gasteiger partial charge in [0.1, 0.15) is 36.1 Å². The smallest absolute Gasteiger partial charge is 0.356 e. The van der Waals surface area contributed by atoms with E-state index in [-0.39, 0.29) is 36.5 Å². The Morgan fingerprint density at radius 2 is 2.02 bits per heavy atom. The van der Waals surface area contributed by atoms with Gasteiger partial charge in [0.25, 0.3) is 11.8 Å². The van der Waals surface area contributed by atoms with Gasteiger partial charge < -0.3 is 29.6 Å². The zero-order valence-electron chi connectivity index (χ0n) is 27.3. The van der Waals surface area contributed by atoms with Crippen molar-refractivity contribution in [3.05, 3.63) is 75.7 Å². The highest BCUT2D eigenvalue weighted by atomic mass is 32.2. The van der Waals surface area contributed by atoms with Crippen molar-refractivity contribution in [2.45, 2.75) is 42.3 Å². The van der Waals surface area contributed by atoms with Crippen LogP contribution in [0.15, 0.2) is 68.1 Å². The number of carbonyl (C=O) groups excluding carboxylic acids is 3. The van der Waals surface area contributed by atoms with Crippen molar-refractivity contribution >= 4 is 90.0 Å². The third kappa shape index (κ3) is 7.68. The largest absolute Gasteiger partial charge is 0.497 e. The first-order chi connectivity index (χ1) is 24.2. The van der Waals surface area contributed by atoms with E-state index in [1.54, 1.807) is 38.3 Å². The van der Waals surface area contributed by atoms with Crippen LogP contribution in [0.4, 0.5) is 5.13 Å². The molecular weight excluding hydrogens is 740 g/mol. The number of benzene rings is 1. The Morgan fingerprint density at radius 3 is 2.72 bits per heavy atom. The number of hydrogen-bond donors (Lipinski definition) is 2. The first-order valence-corrected chi connectivity index (χ1v) is 19.3. The molecule has 3 aromatic rings. The maximum Gasteiger partial charge on any atom is 0.356 e. The number of ether oxygens (including phenoxy) is 2. The highest BCUT2D eigenvalue weighted by Crippen LogP contribution is 2.46. The second-order valence-corrected chi connectivity index (χ2v) is 15.3. The fourth-order valence-electron chi connectivity index (χ4n) is 4.98. The number of anilines is 1. The molecule has 1 saturated heterocycles. The van der Waals surface area contributed by atoms with Gasteiger partial charge in [0.15, 0.2) is 4.34 Å². The van der Waals surface area contributed by atoms with E-state index < -0.39 is 29.2 Å². The molecule has 3 aliphatic heterocycles. The number of nitrogens with zero attached hydrogens (tertiary/aromatic N) is 6. The summed E-state index contributed by atoms with van der Waals surface area (Å²) in [5.74, 6) is -0.682. The molecule has 2 aromatic heterocycles. The number of aromatic nitrogens is 3. The molecule has 1 fully saturated rings. The summed E-state index contributed by atoms with van der Waals surface area (Å²) >= 11 is 5.26. The van der Waals surface area contributed by atoms with Gasteiger partial charge >= 0.3 is 5.97 Å². The second kappa shape index (κ2) is 15.9. The van der Waals surface area contributed by atoms with Crippen LogP contribution in [0.3, 0.4) is 0 Å². The van der Waals surface area contributed by atoms with Crippen LogP contribution >= 0.6 is 55.8 Å². The average molecular weight is 773 g/mol. The van der Waals surface area contributed by atoms with E-state index in [0.29, 0.717) is 21.5 Å². The molecule has 50 heavy (non-hydrogen) atoms. The standard InChI is InChI=1S/C31H33N8O6PS4/c1-5-45-35-22(25-34-30(36-46)50-37-25)26(40)33-23-27(41)39-24(29(42)44-13-17-6-8-19(43-4)9-7-17)21(15-47-28(23)39)49-31-32-20(14-48-31)18-10-11-38(3)16(2)12-18/h6-12,14,16,23,28H,5,13,15,46H2,1-4H3,(H,33,40)(H,34,36,37)/b35-22-/t16?,23-,28-/m1/s1. The molecule has 2 N–H and O–H groups in total. The predicted molar refractivity (Wildman–Crippen MR) is 199 cm³/mol. The van der Waals surface area contributed by atoms with Crippen LogP contribution < -0.4 is 15.1 Å². The van der Waals surface area contributed by atoms with Crippen molar-refractivity contribution in [2.75, 3.05) is 31.6 Å². The summed E-state index contributed by atoms with van der Waals surface area (Å²) in [5.41, 5.74) is 2.57. The number of carbonyl (C=O) groups is 3. The summed E-state index contributed by atoms with van der Waals surface area (Å²) in [5, 5.41) is 11.3. The van der Waals surface area contributed by atoms with Crippen molar-refractivity contribution in [1.82, 2.24) is 29.5 Å². The van der Waals surface area contributed by atoms with Crippen LogP contribution in [0.2, 0.25) is 0 Å². The summed E-state index contributed by atoms with van der Waals surface area (Å²) in [4.78, 5) is 59.4. The molecule has 5 heterocycles. The second-order valence-electron chi connectivity index (χ2n) is 10.9. The third-order valence-corrected chi connectivity index (χ3v) is 12.4. The minimum Gasteiger partial charge on any atom is -0.497 e. The number of hydrogen-bond acceptors (Lipinski definition) is 16. The Bertz CT molecular complexity index is 1890. The molecule has 4 atom stereocenters. The molecule has 0 saturated carbocycles. The van der Waals surface area contributed by atoms with Crippen molar-refractivity contribution in [3.63, 3.8) is 0 Å². The van der Waals surface area contributed by atoms with E-state index in [1.807, 2.05) is 24.7 Å². The number of oxime groups is 1. The van der Waals surface area contributed by atoms with Gasteiger partial charge in [0.2, 0.25) is 16.7 Å². The molecule has 3 aliphatic rings. The Labute approximate surface area is 307 Å². The number of fused-ring (bicyclic) bond motifs is 1. The molecule has 19 heteroatoms. The van der Waals surface area contributed by atoms with Crippen molar-refractivity contribution in [2.24, 2.45) is 5.16 Å². The SMILES string of the molecule is CCO/N=C(\C(=O)N[C@@H]1C(=O)N2C(C(=O)OCc3ccc(OC)cc3)=C(Sc3nc(C4=CC(C)N(C)C=C4)cs3)CS[C@H]12)c1nsc(NP)n1. The van der Waals surface area contributed by atoms with Gasteiger partial charge in [-0.05, 0) is 53.2 Å². The van der Waals surface area contributed by atoms with Gasteiger partial charge in [0, 0.05) is 46.2 Å². The first kappa shape index (κ1) is 35.9. The van der Waals surface area contributed by atoms with E-state index in [9.17, 15) is 14.4 Å². The van der Waals surface area contributed by atoms with E-state index in [2.05, 4.69) is 52.2 Å². The zero-order valence-corrected chi connectivity index (χ0v) is 31.7. The molecular formula is C31H33N8O6PS4. The highest BCUT2D eigenvalue weighted by Gasteiger charge is 2.55. The Balaban J connectivity index is 1.24. The Kier molecular flexibility index (Phi) is 11.4. The van der Waals surface area contributed by atoms with E-state index in [0.717, 1.165) is 32.7 Å².